The number of hydrogen-bond acceptors (Lipinski definition) is 4. The minimum atomic E-state index is 0.387. The summed E-state index contributed by atoms with van der Waals surface area (Å²) in [5.74, 6) is 0.451. The zero-order valence-electron chi connectivity index (χ0n) is 7.48. The molecule has 2 aromatic rings. The second-order valence-corrected chi connectivity index (χ2v) is 3.65. The van der Waals surface area contributed by atoms with Crippen molar-refractivity contribution in [2.75, 3.05) is 5.73 Å². The highest BCUT2D eigenvalue weighted by atomic mass is 35.5. The lowest BCUT2D eigenvalue weighted by atomic mass is 10.1. The molecular weight excluding hydrogens is 235 g/mol. The van der Waals surface area contributed by atoms with Crippen LogP contribution in [0.3, 0.4) is 0 Å². The first-order valence-corrected chi connectivity index (χ1v) is 4.81. The number of rotatable bonds is 1. The minimum Gasteiger partial charge on any atom is -0.397 e. The molecular formula is C9H6Cl2N4. The van der Waals surface area contributed by atoms with E-state index in [4.69, 9.17) is 28.9 Å². The Morgan fingerprint density at radius 2 is 1.73 bits per heavy atom. The van der Waals surface area contributed by atoms with E-state index >= 15 is 0 Å². The van der Waals surface area contributed by atoms with Gasteiger partial charge in [-0.05, 0) is 12.1 Å². The summed E-state index contributed by atoms with van der Waals surface area (Å²) in [4.78, 5) is 11.7. The van der Waals surface area contributed by atoms with E-state index in [0.717, 1.165) is 0 Å². The molecule has 0 amide bonds. The zero-order chi connectivity index (χ0) is 10.8. The van der Waals surface area contributed by atoms with Crippen molar-refractivity contribution >= 4 is 28.9 Å². The van der Waals surface area contributed by atoms with Gasteiger partial charge in [-0.2, -0.15) is 0 Å². The van der Waals surface area contributed by atoms with Gasteiger partial charge < -0.3 is 5.73 Å². The van der Waals surface area contributed by atoms with Gasteiger partial charge in [-0.25, -0.2) is 15.0 Å². The maximum Gasteiger partial charge on any atom is 0.164 e. The molecule has 0 atom stereocenters. The standard InChI is InChI=1S/C9H6Cl2N4/c10-5-1-6(8(12)7(11)2-5)9-14-3-13-4-15-9/h1-4H,12H2. The van der Waals surface area contributed by atoms with Gasteiger partial charge in [-0.1, -0.05) is 23.2 Å². The smallest absolute Gasteiger partial charge is 0.164 e. The van der Waals surface area contributed by atoms with Crippen LogP contribution in [0.1, 0.15) is 0 Å². The van der Waals surface area contributed by atoms with E-state index in [0.29, 0.717) is 27.1 Å². The molecule has 0 fully saturated rings. The second kappa shape index (κ2) is 4.00. The Morgan fingerprint density at radius 1 is 1.07 bits per heavy atom. The third-order valence-corrected chi connectivity index (χ3v) is 2.36. The number of benzene rings is 1. The lowest BCUT2D eigenvalue weighted by Gasteiger charge is -2.06. The molecule has 0 aliphatic heterocycles. The van der Waals surface area contributed by atoms with Crippen LogP contribution in [0, 0.1) is 0 Å². The Hall–Kier alpha value is -1.39. The van der Waals surface area contributed by atoms with Crippen LogP contribution >= 0.6 is 23.2 Å². The van der Waals surface area contributed by atoms with Gasteiger partial charge in [0.1, 0.15) is 12.7 Å². The first-order valence-electron chi connectivity index (χ1n) is 4.05. The molecule has 1 aromatic carbocycles. The highest BCUT2D eigenvalue weighted by molar-refractivity contribution is 6.37. The summed E-state index contributed by atoms with van der Waals surface area (Å²) in [7, 11) is 0. The molecule has 0 unspecified atom stereocenters. The SMILES string of the molecule is Nc1c(Cl)cc(Cl)cc1-c1ncncn1. The predicted octanol–water partition coefficient (Wildman–Crippen LogP) is 2.43. The highest BCUT2D eigenvalue weighted by Crippen LogP contribution is 2.32. The van der Waals surface area contributed by atoms with Gasteiger partial charge in [-0.3, -0.25) is 0 Å². The Kier molecular flexibility index (Phi) is 2.70. The largest absolute Gasteiger partial charge is 0.397 e. The summed E-state index contributed by atoms with van der Waals surface area (Å²) in [6.45, 7) is 0. The Labute approximate surface area is 96.1 Å². The van der Waals surface area contributed by atoms with E-state index < -0.39 is 0 Å². The fourth-order valence-corrected chi connectivity index (χ4v) is 1.64. The van der Waals surface area contributed by atoms with Gasteiger partial charge in [0.05, 0.1) is 10.7 Å². The number of nitrogens with zero attached hydrogens (tertiary/aromatic N) is 3. The van der Waals surface area contributed by atoms with Crippen LogP contribution in [0.15, 0.2) is 24.8 Å². The van der Waals surface area contributed by atoms with E-state index in [2.05, 4.69) is 15.0 Å². The number of halogens is 2. The maximum absolute atomic E-state index is 5.89. The lowest BCUT2D eigenvalue weighted by Crippen LogP contribution is -1.95. The molecule has 0 saturated carbocycles. The summed E-state index contributed by atoms with van der Waals surface area (Å²) in [6, 6.07) is 3.24. The van der Waals surface area contributed by atoms with Crippen LogP contribution < -0.4 is 5.73 Å². The zero-order valence-corrected chi connectivity index (χ0v) is 9.00. The van der Waals surface area contributed by atoms with Gasteiger partial charge >= 0.3 is 0 Å². The van der Waals surface area contributed by atoms with Crippen molar-refractivity contribution in [1.82, 2.24) is 15.0 Å². The summed E-state index contributed by atoms with van der Waals surface area (Å²) in [5, 5.41) is 0.877. The van der Waals surface area contributed by atoms with Crippen molar-refractivity contribution < 1.29 is 0 Å². The Balaban J connectivity index is 2.63. The molecule has 0 spiro atoms. The normalized spacial score (nSPS) is 10.3. The van der Waals surface area contributed by atoms with Crippen LogP contribution in [0.2, 0.25) is 10.0 Å². The molecule has 76 valence electrons. The van der Waals surface area contributed by atoms with Gasteiger partial charge in [0.15, 0.2) is 5.82 Å². The van der Waals surface area contributed by atoms with Gasteiger partial charge in [0.25, 0.3) is 0 Å². The van der Waals surface area contributed by atoms with Crippen molar-refractivity contribution in [3.05, 3.63) is 34.8 Å². The molecule has 0 aliphatic carbocycles. The number of hydrogen-bond donors (Lipinski definition) is 1. The number of anilines is 1. The molecule has 0 saturated heterocycles. The molecule has 15 heavy (non-hydrogen) atoms. The van der Waals surface area contributed by atoms with Crippen molar-refractivity contribution in [1.29, 1.82) is 0 Å². The molecule has 0 radical (unpaired) electrons. The van der Waals surface area contributed by atoms with Crippen LogP contribution in [-0.2, 0) is 0 Å². The van der Waals surface area contributed by atoms with Gasteiger partial charge in [-0.15, -0.1) is 0 Å². The average molecular weight is 241 g/mol. The van der Waals surface area contributed by atoms with Crippen LogP contribution in [0.25, 0.3) is 11.4 Å². The van der Waals surface area contributed by atoms with E-state index in [-0.39, 0.29) is 0 Å². The van der Waals surface area contributed by atoms with Crippen LogP contribution in [-0.4, -0.2) is 15.0 Å². The predicted molar refractivity (Wildman–Crippen MR) is 59.7 cm³/mol. The van der Waals surface area contributed by atoms with E-state index in [9.17, 15) is 0 Å². The molecule has 1 aromatic heterocycles. The maximum atomic E-state index is 5.89. The Bertz CT molecular complexity index is 487. The topological polar surface area (TPSA) is 64.7 Å². The van der Waals surface area contributed by atoms with E-state index in [1.807, 2.05) is 0 Å². The lowest BCUT2D eigenvalue weighted by molar-refractivity contribution is 1.06. The highest BCUT2D eigenvalue weighted by Gasteiger charge is 2.09. The first-order chi connectivity index (χ1) is 7.18. The first kappa shape index (κ1) is 10.1. The van der Waals surface area contributed by atoms with Gasteiger partial charge in [0.2, 0.25) is 0 Å². The Morgan fingerprint density at radius 3 is 2.40 bits per heavy atom. The molecule has 1 heterocycles. The van der Waals surface area contributed by atoms with Crippen molar-refractivity contribution in [3.63, 3.8) is 0 Å². The van der Waals surface area contributed by atoms with Crippen molar-refractivity contribution in [3.8, 4) is 11.4 Å². The number of nitrogens with two attached hydrogens (primary N) is 1. The average Bonchev–Trinajstić information content (AvgIpc) is 2.24. The molecule has 0 bridgehead atoms. The third kappa shape index (κ3) is 2.00. The summed E-state index contributed by atoms with van der Waals surface area (Å²) < 4.78 is 0. The fourth-order valence-electron chi connectivity index (χ4n) is 1.15. The van der Waals surface area contributed by atoms with E-state index in [1.54, 1.807) is 12.1 Å². The number of nitrogen functional groups attached to an aromatic ring is 1. The quantitative estimate of drug-likeness (QED) is 0.778. The second-order valence-electron chi connectivity index (χ2n) is 2.81. The molecule has 4 nitrogen and oxygen atoms in total. The summed E-state index contributed by atoms with van der Waals surface area (Å²) >= 11 is 11.7. The minimum absolute atomic E-state index is 0.387. The van der Waals surface area contributed by atoms with E-state index in [1.165, 1.54) is 12.7 Å². The molecule has 2 N–H and O–H groups in total. The number of aromatic nitrogens is 3. The monoisotopic (exact) mass is 240 g/mol. The summed E-state index contributed by atoms with van der Waals surface area (Å²) in [6.07, 6.45) is 2.77. The van der Waals surface area contributed by atoms with Crippen LogP contribution in [0.5, 0.6) is 0 Å². The molecule has 6 heteroatoms. The van der Waals surface area contributed by atoms with Crippen LogP contribution in [0.4, 0.5) is 5.69 Å². The van der Waals surface area contributed by atoms with Crippen molar-refractivity contribution in [2.24, 2.45) is 0 Å². The molecule has 2 rings (SSSR count). The summed E-state index contributed by atoms with van der Waals surface area (Å²) in [5.41, 5.74) is 6.81. The van der Waals surface area contributed by atoms with Gasteiger partial charge in [0, 0.05) is 10.6 Å². The third-order valence-electron chi connectivity index (χ3n) is 1.83. The molecule has 0 aliphatic rings. The van der Waals surface area contributed by atoms with Crippen molar-refractivity contribution in [2.45, 2.75) is 0 Å². The fraction of sp³-hybridized carbons (Fsp3) is 0.